The van der Waals surface area contributed by atoms with Crippen LogP contribution in [0, 0.1) is 17.2 Å². The first-order valence-electron chi connectivity index (χ1n) is 11.4. The zero-order valence-corrected chi connectivity index (χ0v) is 19.9. The van der Waals surface area contributed by atoms with Crippen LogP contribution >= 0.6 is 0 Å². The molecule has 4 amide bonds. The number of halogens is 2. The van der Waals surface area contributed by atoms with E-state index in [1.807, 2.05) is 19.2 Å². The summed E-state index contributed by atoms with van der Waals surface area (Å²) in [5.41, 5.74) is 0.303. The van der Waals surface area contributed by atoms with E-state index in [0.717, 1.165) is 10.5 Å². The number of likely N-dealkylation sites (N-methyl/N-ethyl adjacent to an activating group) is 1. The predicted molar refractivity (Wildman–Crippen MR) is 122 cm³/mol. The normalized spacial score (nSPS) is 21.6. The van der Waals surface area contributed by atoms with Crippen LogP contribution in [0.1, 0.15) is 38.7 Å². The zero-order valence-electron chi connectivity index (χ0n) is 19.9. The Bertz CT molecular complexity index is 1060. The van der Waals surface area contributed by atoms with Gasteiger partial charge in [-0.2, -0.15) is 5.26 Å². The van der Waals surface area contributed by atoms with E-state index < -0.39 is 54.6 Å². The van der Waals surface area contributed by atoms with Crippen LogP contribution in [0.2, 0.25) is 0 Å². The highest BCUT2D eigenvalue weighted by molar-refractivity contribution is 6.07. The van der Waals surface area contributed by atoms with Crippen molar-refractivity contribution < 1.29 is 28.0 Å². The largest absolute Gasteiger partial charge is 0.350 e. The van der Waals surface area contributed by atoms with Gasteiger partial charge >= 0.3 is 0 Å². The fourth-order valence-corrected chi connectivity index (χ4v) is 4.74. The number of hydrogen-bond acceptors (Lipinski definition) is 5. The molecule has 2 aliphatic heterocycles. The second kappa shape index (κ2) is 10.4. The smallest absolute Gasteiger partial charge is 0.255 e. The first-order chi connectivity index (χ1) is 16.5. The number of para-hydroxylation sites is 1. The number of carbonyl (C=O) groups excluding carboxylic acids is 4. The molecule has 0 aromatic heterocycles. The van der Waals surface area contributed by atoms with Gasteiger partial charge in [0.1, 0.15) is 18.5 Å². The van der Waals surface area contributed by atoms with E-state index in [0.29, 0.717) is 5.69 Å². The van der Waals surface area contributed by atoms with Crippen molar-refractivity contribution in [1.82, 2.24) is 15.1 Å². The number of carbonyl (C=O) groups is 4. The maximum absolute atomic E-state index is 13.7. The molecule has 1 aromatic rings. The van der Waals surface area contributed by atoms with Crippen molar-refractivity contribution in [2.45, 2.75) is 57.0 Å². The molecule has 3 rings (SSSR count). The van der Waals surface area contributed by atoms with Crippen LogP contribution < -0.4 is 10.6 Å². The number of nitrogens with one attached hydrogen (secondary N) is 2. The molecule has 1 aromatic carbocycles. The number of alkyl halides is 2. The molecule has 35 heavy (non-hydrogen) atoms. The minimum atomic E-state index is -2.75. The number of amides is 4. The molecule has 1 saturated heterocycles. The number of nitrogens with zero attached hydrogens (tertiary/aromatic N) is 3. The zero-order chi connectivity index (χ0) is 25.9. The van der Waals surface area contributed by atoms with Crippen LogP contribution in [0.3, 0.4) is 0 Å². The molecule has 3 atom stereocenters. The molecular weight excluding hydrogens is 460 g/mol. The molecule has 1 spiro atoms. The van der Waals surface area contributed by atoms with Gasteiger partial charge < -0.3 is 20.4 Å². The van der Waals surface area contributed by atoms with Crippen molar-refractivity contribution in [2.75, 3.05) is 25.5 Å². The maximum Gasteiger partial charge on any atom is 0.255 e. The molecule has 11 heteroatoms. The van der Waals surface area contributed by atoms with Gasteiger partial charge in [-0.15, -0.1) is 0 Å². The lowest BCUT2D eigenvalue weighted by Crippen LogP contribution is -2.52. The standard InChI is InChI=1S/C24H29F2N5O4/c1-14(2)8-18(30(3)21(33)9-20(32)28-12-19(25)26)22(34)31-13-24(10-15(31)11-27)16-6-4-5-7-17(16)29-23(24)35/h4-7,14-15,18-19H,8-10,12-13H2,1-3H3,(H,28,32)(H,29,35)/t15-,18-,24-/m0/s1. The average Bonchev–Trinajstić information content (AvgIpc) is 3.33. The second-order valence-corrected chi connectivity index (χ2v) is 9.42. The van der Waals surface area contributed by atoms with Crippen LogP contribution in [-0.4, -0.2) is 72.1 Å². The highest BCUT2D eigenvalue weighted by Gasteiger charge is 2.56. The Hall–Kier alpha value is -3.55. The maximum atomic E-state index is 13.7. The van der Waals surface area contributed by atoms with Gasteiger partial charge in [0.05, 0.1) is 18.0 Å². The van der Waals surface area contributed by atoms with Gasteiger partial charge in [-0.25, -0.2) is 8.78 Å². The Kier molecular flexibility index (Phi) is 7.73. The number of hydrogen-bond donors (Lipinski definition) is 2. The summed E-state index contributed by atoms with van der Waals surface area (Å²) in [7, 11) is 1.37. The third-order valence-corrected chi connectivity index (χ3v) is 6.52. The fourth-order valence-electron chi connectivity index (χ4n) is 4.74. The van der Waals surface area contributed by atoms with Crippen LogP contribution in [-0.2, 0) is 24.6 Å². The quantitative estimate of drug-likeness (QED) is 0.538. The monoisotopic (exact) mass is 489 g/mol. The summed E-state index contributed by atoms with van der Waals surface area (Å²) in [6, 6.07) is 7.39. The van der Waals surface area contributed by atoms with E-state index in [2.05, 4.69) is 11.4 Å². The highest BCUT2D eigenvalue weighted by atomic mass is 19.3. The Morgan fingerprint density at radius 3 is 2.63 bits per heavy atom. The van der Waals surface area contributed by atoms with Gasteiger partial charge in [0, 0.05) is 25.7 Å². The molecular formula is C24H29F2N5O4. The fraction of sp³-hybridized carbons (Fsp3) is 0.542. The predicted octanol–water partition coefficient (Wildman–Crippen LogP) is 1.65. The van der Waals surface area contributed by atoms with Gasteiger partial charge in [-0.3, -0.25) is 19.2 Å². The van der Waals surface area contributed by atoms with Crippen molar-refractivity contribution in [2.24, 2.45) is 5.92 Å². The third-order valence-electron chi connectivity index (χ3n) is 6.52. The average molecular weight is 490 g/mol. The van der Waals surface area contributed by atoms with Crippen molar-refractivity contribution >= 4 is 29.3 Å². The van der Waals surface area contributed by atoms with E-state index in [9.17, 15) is 33.2 Å². The molecule has 0 aliphatic carbocycles. The molecule has 2 aliphatic rings. The van der Waals surface area contributed by atoms with E-state index in [1.165, 1.54) is 11.9 Å². The van der Waals surface area contributed by atoms with Gasteiger partial charge in [0.25, 0.3) is 6.43 Å². The number of nitriles is 1. The minimum Gasteiger partial charge on any atom is -0.350 e. The highest BCUT2D eigenvalue weighted by Crippen LogP contribution is 2.46. The van der Waals surface area contributed by atoms with Crippen LogP contribution in [0.4, 0.5) is 14.5 Å². The summed E-state index contributed by atoms with van der Waals surface area (Å²) in [5, 5.41) is 14.6. The lowest BCUT2D eigenvalue weighted by Gasteiger charge is -2.33. The molecule has 2 N–H and O–H groups in total. The molecule has 2 heterocycles. The molecule has 0 bridgehead atoms. The SMILES string of the molecule is CC(C)C[C@@H](C(=O)N1C[C@]2(C[C@H]1C#N)C(=O)Nc1ccccc12)N(C)C(=O)CC(=O)NCC(F)F. The number of benzene rings is 1. The first-order valence-corrected chi connectivity index (χ1v) is 11.4. The second-order valence-electron chi connectivity index (χ2n) is 9.42. The van der Waals surface area contributed by atoms with Crippen molar-refractivity contribution in [3.8, 4) is 6.07 Å². The molecule has 9 nitrogen and oxygen atoms in total. The number of fused-ring (bicyclic) bond motifs is 2. The molecule has 0 radical (unpaired) electrons. The molecule has 188 valence electrons. The molecule has 0 saturated carbocycles. The van der Waals surface area contributed by atoms with Gasteiger partial charge in [0.15, 0.2) is 0 Å². The van der Waals surface area contributed by atoms with Crippen molar-refractivity contribution in [1.29, 1.82) is 5.26 Å². The summed E-state index contributed by atoms with van der Waals surface area (Å²) < 4.78 is 24.7. The van der Waals surface area contributed by atoms with E-state index >= 15 is 0 Å². The Balaban J connectivity index is 1.83. The van der Waals surface area contributed by atoms with Gasteiger partial charge in [-0.1, -0.05) is 32.0 Å². The van der Waals surface area contributed by atoms with Crippen LogP contribution in [0.25, 0.3) is 0 Å². The summed E-state index contributed by atoms with van der Waals surface area (Å²) in [4.78, 5) is 53.8. The summed E-state index contributed by atoms with van der Waals surface area (Å²) >= 11 is 0. The molecule has 0 unspecified atom stereocenters. The number of rotatable bonds is 8. The summed E-state index contributed by atoms with van der Waals surface area (Å²) in [6.07, 6.45) is -3.05. The van der Waals surface area contributed by atoms with E-state index in [4.69, 9.17) is 0 Å². The minimum absolute atomic E-state index is 0.0144. The lowest BCUT2D eigenvalue weighted by atomic mass is 9.80. The summed E-state index contributed by atoms with van der Waals surface area (Å²) in [5.74, 6) is -2.37. The number of anilines is 1. The van der Waals surface area contributed by atoms with Gasteiger partial charge in [0.2, 0.25) is 23.6 Å². The Morgan fingerprint density at radius 1 is 1.31 bits per heavy atom. The van der Waals surface area contributed by atoms with Crippen molar-refractivity contribution in [3.05, 3.63) is 29.8 Å². The summed E-state index contributed by atoms with van der Waals surface area (Å²) in [6.45, 7) is 2.84. The number of likely N-dealkylation sites (tertiary alicyclic amines) is 1. The lowest BCUT2D eigenvalue weighted by molar-refractivity contribution is -0.147. The first kappa shape index (κ1) is 26.1. The van der Waals surface area contributed by atoms with Crippen molar-refractivity contribution in [3.63, 3.8) is 0 Å². The Labute approximate surface area is 202 Å². The van der Waals surface area contributed by atoms with E-state index in [-0.39, 0.29) is 31.2 Å². The Morgan fingerprint density at radius 2 is 2.00 bits per heavy atom. The third kappa shape index (κ3) is 5.26. The van der Waals surface area contributed by atoms with Gasteiger partial charge in [-0.05, 0) is 24.0 Å². The topological polar surface area (TPSA) is 123 Å². The van der Waals surface area contributed by atoms with E-state index in [1.54, 1.807) is 24.3 Å². The van der Waals surface area contributed by atoms with Crippen LogP contribution in [0.15, 0.2) is 24.3 Å². The molecule has 1 fully saturated rings. The van der Waals surface area contributed by atoms with Crippen LogP contribution in [0.5, 0.6) is 0 Å².